The van der Waals surface area contributed by atoms with Crippen LogP contribution in [0.2, 0.25) is 0 Å². The monoisotopic (exact) mass is 639 g/mol. The Morgan fingerprint density at radius 1 is 0.979 bits per heavy atom. The van der Waals surface area contributed by atoms with Gasteiger partial charge in [-0.2, -0.15) is 0 Å². The van der Waals surface area contributed by atoms with Crippen molar-refractivity contribution in [3.63, 3.8) is 0 Å². The third-order valence-corrected chi connectivity index (χ3v) is 8.70. The van der Waals surface area contributed by atoms with Gasteiger partial charge in [-0.3, -0.25) is 19.9 Å². The summed E-state index contributed by atoms with van der Waals surface area (Å²) in [4.78, 5) is 47.5. The van der Waals surface area contributed by atoms with E-state index in [2.05, 4.69) is 10.6 Å². The molecule has 1 aliphatic rings. The number of hydrogen-bond donors (Lipinski definition) is 3. The number of carbonyl (C=O) groups excluding carboxylic acids is 3. The van der Waals surface area contributed by atoms with Crippen molar-refractivity contribution in [3.05, 3.63) is 95.3 Å². The van der Waals surface area contributed by atoms with Crippen LogP contribution in [-0.2, 0) is 33.4 Å². The first-order valence-electron chi connectivity index (χ1n) is 15.6. The summed E-state index contributed by atoms with van der Waals surface area (Å²) in [5, 5.41) is 14.3. The molecule has 0 unspecified atom stereocenters. The quantitative estimate of drug-likeness (QED) is 0.125. The van der Waals surface area contributed by atoms with E-state index in [1.807, 2.05) is 48.0 Å². The Balaban J connectivity index is 1.31. The first kappa shape index (κ1) is 33.1. The lowest BCUT2D eigenvalue weighted by Crippen LogP contribution is -2.55. The van der Waals surface area contributed by atoms with Crippen LogP contribution in [0.4, 0.5) is 10.5 Å². The number of amidine groups is 1. The number of nitrogens with one attached hydrogen (secondary N) is 3. The summed E-state index contributed by atoms with van der Waals surface area (Å²) in [5.74, 6) is 0.288. The van der Waals surface area contributed by atoms with E-state index in [0.717, 1.165) is 29.9 Å². The number of amides is 3. The van der Waals surface area contributed by atoms with E-state index in [1.165, 1.54) is 12.0 Å². The summed E-state index contributed by atoms with van der Waals surface area (Å²) in [7, 11) is 5.05. The molecule has 0 radical (unpaired) electrons. The maximum absolute atomic E-state index is 14.0. The predicted molar refractivity (Wildman–Crippen MR) is 179 cm³/mol. The minimum Gasteiger partial charge on any atom is -0.447 e. The number of likely N-dealkylation sites (tertiary alicyclic amines) is 1. The molecule has 1 fully saturated rings. The van der Waals surface area contributed by atoms with Gasteiger partial charge in [0.1, 0.15) is 23.8 Å². The van der Waals surface area contributed by atoms with Gasteiger partial charge in [0.2, 0.25) is 0 Å². The number of nitrogens with zero attached hydrogens (tertiary/aromatic N) is 4. The zero-order chi connectivity index (χ0) is 33.6. The lowest BCUT2D eigenvalue weighted by molar-refractivity contribution is -0.141. The molecule has 47 heavy (non-hydrogen) atoms. The molecule has 0 aliphatic carbocycles. The number of methoxy groups -OCH3 is 1. The zero-order valence-electron chi connectivity index (χ0n) is 27.2. The molecule has 1 aliphatic heterocycles. The van der Waals surface area contributed by atoms with Crippen LogP contribution in [0.1, 0.15) is 47.1 Å². The Labute approximate surface area is 274 Å². The number of fused-ring (bicyclic) bond motifs is 1. The molecule has 12 heteroatoms. The highest BCUT2D eigenvalue weighted by atomic mass is 16.6. The number of carbonyl (C=O) groups is 3. The number of imidazole rings is 1. The maximum atomic E-state index is 14.0. The zero-order valence-corrected chi connectivity index (χ0v) is 27.2. The third kappa shape index (κ3) is 7.12. The standard InChI is InChI=1S/C35H41N7O5/c1-35(33(44)42-18-8-9-19-42,41(3)34(45)47-21-20-46-4)26-14-17-29-28(22-26)38-30(40(29)2)23-37-27-15-12-24(13-16-27)31(36)39-32(43)25-10-6-5-7-11-25/h5-7,10-17,22,37H,8-9,18-21,23H2,1-4H3,(H2,36,39,43)/t35-/m1/s1. The minimum absolute atomic E-state index is 0.0145. The first-order chi connectivity index (χ1) is 22.6. The van der Waals surface area contributed by atoms with E-state index in [1.54, 1.807) is 55.3 Å². The largest absolute Gasteiger partial charge is 0.447 e. The number of benzene rings is 3. The first-order valence-corrected chi connectivity index (χ1v) is 15.6. The number of likely N-dealkylation sites (N-methyl/N-ethyl adjacent to an activating group) is 1. The van der Waals surface area contributed by atoms with E-state index >= 15 is 0 Å². The highest BCUT2D eigenvalue weighted by Gasteiger charge is 2.45. The van der Waals surface area contributed by atoms with E-state index in [9.17, 15) is 14.4 Å². The highest BCUT2D eigenvalue weighted by molar-refractivity contribution is 6.11. The molecule has 246 valence electrons. The molecular weight excluding hydrogens is 598 g/mol. The maximum Gasteiger partial charge on any atom is 0.410 e. The van der Waals surface area contributed by atoms with Gasteiger partial charge in [0.05, 0.1) is 24.2 Å². The van der Waals surface area contributed by atoms with E-state index in [-0.39, 0.29) is 30.9 Å². The number of ether oxygens (including phenoxy) is 2. The fraction of sp³-hybridized carbons (Fsp3) is 0.343. The summed E-state index contributed by atoms with van der Waals surface area (Å²) in [6.07, 6.45) is 1.24. The smallest absolute Gasteiger partial charge is 0.410 e. The molecule has 3 amide bonds. The Kier molecular flexibility index (Phi) is 10.2. The molecule has 4 aromatic rings. The van der Waals surface area contributed by atoms with Crippen molar-refractivity contribution in [1.29, 1.82) is 5.41 Å². The van der Waals surface area contributed by atoms with Crippen molar-refractivity contribution in [3.8, 4) is 0 Å². The lowest BCUT2D eigenvalue weighted by Gasteiger charge is -2.39. The van der Waals surface area contributed by atoms with Crippen molar-refractivity contribution in [2.75, 3.05) is 45.8 Å². The summed E-state index contributed by atoms with van der Waals surface area (Å²) >= 11 is 0. The Morgan fingerprint density at radius 2 is 1.68 bits per heavy atom. The SMILES string of the molecule is COCCOC(=O)N(C)[C@@](C)(C(=O)N1CCCC1)c1ccc2c(c1)nc(CNc1ccc(C(=N)NC(=O)c3ccccc3)cc1)n2C. The van der Waals surface area contributed by atoms with Crippen molar-refractivity contribution in [2.45, 2.75) is 31.8 Å². The molecule has 0 spiro atoms. The molecule has 0 saturated carbocycles. The van der Waals surface area contributed by atoms with Gasteiger partial charge in [-0.1, -0.05) is 24.3 Å². The number of aromatic nitrogens is 2. The minimum atomic E-state index is -1.31. The van der Waals surface area contributed by atoms with Crippen molar-refractivity contribution in [1.82, 2.24) is 24.7 Å². The topological polar surface area (TPSA) is 142 Å². The number of aryl methyl sites for hydroxylation is 1. The Hall–Kier alpha value is -5.23. The van der Waals surface area contributed by atoms with E-state index < -0.39 is 11.6 Å². The Morgan fingerprint density at radius 3 is 2.36 bits per heavy atom. The highest BCUT2D eigenvalue weighted by Crippen LogP contribution is 2.34. The number of rotatable bonds is 11. The number of hydrogen-bond acceptors (Lipinski definition) is 8. The molecule has 12 nitrogen and oxygen atoms in total. The summed E-state index contributed by atoms with van der Waals surface area (Å²) in [6.45, 7) is 3.81. The fourth-order valence-electron chi connectivity index (χ4n) is 5.67. The van der Waals surface area contributed by atoms with Crippen molar-refractivity contribution in [2.24, 2.45) is 7.05 Å². The molecule has 3 aromatic carbocycles. The Bertz CT molecular complexity index is 1750. The molecule has 1 aromatic heterocycles. The van der Waals surface area contributed by atoms with Crippen LogP contribution in [-0.4, -0.2) is 83.6 Å². The van der Waals surface area contributed by atoms with Gasteiger partial charge in [-0.15, -0.1) is 0 Å². The van der Waals surface area contributed by atoms with Gasteiger partial charge in [0, 0.05) is 51.1 Å². The summed E-state index contributed by atoms with van der Waals surface area (Å²) in [6, 6.07) is 21.7. The third-order valence-electron chi connectivity index (χ3n) is 8.70. The lowest BCUT2D eigenvalue weighted by atomic mass is 9.88. The number of anilines is 1. The normalized spacial score (nSPS) is 14.0. The average Bonchev–Trinajstić information content (AvgIpc) is 3.75. The van der Waals surface area contributed by atoms with Crippen LogP contribution in [0.3, 0.4) is 0 Å². The van der Waals surface area contributed by atoms with E-state index in [4.69, 9.17) is 19.9 Å². The summed E-state index contributed by atoms with van der Waals surface area (Å²) in [5.41, 5.74) is 2.79. The van der Waals surface area contributed by atoms with Gasteiger partial charge >= 0.3 is 6.09 Å². The van der Waals surface area contributed by atoms with Gasteiger partial charge in [-0.25, -0.2) is 9.78 Å². The van der Waals surface area contributed by atoms with Crippen LogP contribution < -0.4 is 10.6 Å². The van der Waals surface area contributed by atoms with Crippen LogP contribution in [0.5, 0.6) is 0 Å². The second-order valence-corrected chi connectivity index (χ2v) is 11.7. The van der Waals surface area contributed by atoms with Crippen LogP contribution in [0.15, 0.2) is 72.8 Å². The molecule has 1 atom stereocenters. The molecule has 1 saturated heterocycles. The van der Waals surface area contributed by atoms with Crippen molar-refractivity contribution < 1.29 is 23.9 Å². The van der Waals surface area contributed by atoms with Gasteiger partial charge in [-0.05, 0) is 73.9 Å². The molecular formula is C35H41N7O5. The molecule has 3 N–H and O–H groups in total. The van der Waals surface area contributed by atoms with Crippen LogP contribution in [0.25, 0.3) is 11.0 Å². The molecule has 0 bridgehead atoms. The summed E-state index contributed by atoms with van der Waals surface area (Å²) < 4.78 is 12.4. The van der Waals surface area contributed by atoms with Gasteiger partial charge < -0.3 is 29.6 Å². The van der Waals surface area contributed by atoms with E-state index in [0.29, 0.717) is 41.8 Å². The molecule has 5 rings (SSSR count). The van der Waals surface area contributed by atoms with Crippen LogP contribution in [0, 0.1) is 5.41 Å². The van der Waals surface area contributed by atoms with Crippen molar-refractivity contribution >= 4 is 40.5 Å². The second kappa shape index (κ2) is 14.5. The molecule has 2 heterocycles. The fourth-order valence-corrected chi connectivity index (χ4v) is 5.67. The van der Waals surface area contributed by atoms with Gasteiger partial charge in [0.25, 0.3) is 11.8 Å². The average molecular weight is 640 g/mol. The predicted octanol–water partition coefficient (Wildman–Crippen LogP) is 4.49. The second-order valence-electron chi connectivity index (χ2n) is 11.7. The van der Waals surface area contributed by atoms with Crippen LogP contribution >= 0.6 is 0 Å². The van der Waals surface area contributed by atoms with Gasteiger partial charge in [0.15, 0.2) is 0 Å².